The van der Waals surface area contributed by atoms with Crippen molar-refractivity contribution in [2.75, 3.05) is 27.7 Å². The lowest BCUT2D eigenvalue weighted by molar-refractivity contribution is -0.138. The second-order valence-corrected chi connectivity index (χ2v) is 3.93. The number of carboxylic acid groups (broad SMARTS) is 1. The van der Waals surface area contributed by atoms with Gasteiger partial charge in [0.05, 0.1) is 6.61 Å². The molecule has 0 aromatic heterocycles. The summed E-state index contributed by atoms with van der Waals surface area (Å²) in [5.74, 6) is -1.25. The first kappa shape index (κ1) is 21.6. The number of aliphatic carboxylic acids is 1. The number of carbonyl (C=O) groups is 2. The quantitative estimate of drug-likeness (QED) is 0.620. The molecular weight excluding hydrogens is 234 g/mol. The molecule has 0 aliphatic carbocycles. The fourth-order valence-electron chi connectivity index (χ4n) is 0.254. The molecule has 0 fully saturated rings. The van der Waals surface area contributed by atoms with Crippen molar-refractivity contribution in [3.8, 4) is 0 Å². The van der Waals surface area contributed by atoms with Crippen LogP contribution in [-0.2, 0) is 14.3 Å². The van der Waals surface area contributed by atoms with Gasteiger partial charge < -0.3 is 14.7 Å². The van der Waals surface area contributed by atoms with E-state index < -0.39 is 5.97 Å². The van der Waals surface area contributed by atoms with E-state index in [1.54, 1.807) is 13.8 Å². The molecule has 0 heterocycles. The van der Waals surface area contributed by atoms with Crippen LogP contribution in [0.5, 0.6) is 0 Å². The van der Waals surface area contributed by atoms with Gasteiger partial charge in [-0.05, 0) is 41.9 Å². The third kappa shape index (κ3) is 29.3. The Labute approximate surface area is 110 Å². The normalized spacial score (nSPS) is 8.17. The van der Waals surface area contributed by atoms with Gasteiger partial charge in [-0.25, -0.2) is 9.59 Å². The monoisotopic (exact) mass is 259 g/mol. The molecule has 0 radical (unpaired) electrons. The molecule has 5 nitrogen and oxygen atoms in total. The average molecular weight is 259 g/mol. The molecule has 0 bridgehead atoms. The Morgan fingerprint density at radius 3 is 1.44 bits per heavy atom. The first-order valence-electron chi connectivity index (χ1n) is 5.38. The van der Waals surface area contributed by atoms with Crippen molar-refractivity contribution in [3.63, 3.8) is 0 Å². The highest BCUT2D eigenvalue weighted by molar-refractivity contribution is 5.86. The van der Waals surface area contributed by atoms with Gasteiger partial charge in [0.15, 0.2) is 0 Å². The van der Waals surface area contributed by atoms with E-state index in [0.717, 1.165) is 0 Å². The number of rotatable bonds is 3. The van der Waals surface area contributed by atoms with Gasteiger partial charge in [-0.15, -0.1) is 0 Å². The highest BCUT2D eigenvalue weighted by Crippen LogP contribution is 1.89. The number of carboxylic acids is 1. The van der Waals surface area contributed by atoms with E-state index >= 15 is 0 Å². The van der Waals surface area contributed by atoms with Crippen molar-refractivity contribution in [2.24, 2.45) is 0 Å². The highest BCUT2D eigenvalue weighted by Gasteiger charge is 1.98. The summed E-state index contributed by atoms with van der Waals surface area (Å²) in [6.07, 6.45) is 0. The third-order valence-electron chi connectivity index (χ3n) is 0.989. The minimum Gasteiger partial charge on any atom is -0.478 e. The number of hydrogen-bond acceptors (Lipinski definition) is 4. The van der Waals surface area contributed by atoms with Gasteiger partial charge in [0.25, 0.3) is 0 Å². The fraction of sp³-hybridized carbons (Fsp3) is 0.538. The Kier molecular flexibility index (Phi) is 16.2. The van der Waals surface area contributed by atoms with Crippen LogP contribution in [0.4, 0.5) is 0 Å². The summed E-state index contributed by atoms with van der Waals surface area (Å²) in [6.45, 7) is 11.8. The lowest BCUT2D eigenvalue weighted by Gasteiger charge is -1.96. The lowest BCUT2D eigenvalue weighted by Crippen LogP contribution is -2.03. The van der Waals surface area contributed by atoms with Crippen LogP contribution in [0.2, 0.25) is 0 Å². The molecule has 0 amide bonds. The third-order valence-corrected chi connectivity index (χ3v) is 0.989. The van der Waals surface area contributed by atoms with E-state index in [0.29, 0.717) is 12.2 Å². The second-order valence-electron chi connectivity index (χ2n) is 3.93. The molecule has 0 aromatic carbocycles. The van der Waals surface area contributed by atoms with E-state index in [-0.39, 0.29) is 11.5 Å². The lowest BCUT2D eigenvalue weighted by atomic mass is 10.4. The smallest absolute Gasteiger partial charge is 0.333 e. The fourth-order valence-corrected chi connectivity index (χ4v) is 0.254. The molecule has 1 N–H and O–H groups in total. The van der Waals surface area contributed by atoms with Crippen molar-refractivity contribution < 1.29 is 19.4 Å². The van der Waals surface area contributed by atoms with Crippen molar-refractivity contribution in [2.45, 2.75) is 20.8 Å². The van der Waals surface area contributed by atoms with Gasteiger partial charge in [-0.1, -0.05) is 13.2 Å². The van der Waals surface area contributed by atoms with Gasteiger partial charge in [-0.2, -0.15) is 0 Å². The van der Waals surface area contributed by atoms with Crippen LogP contribution < -0.4 is 0 Å². The summed E-state index contributed by atoms with van der Waals surface area (Å²) in [7, 11) is 6.00. The summed E-state index contributed by atoms with van der Waals surface area (Å²) in [4.78, 5) is 22.0. The molecule has 0 atom stereocenters. The molecule has 0 unspecified atom stereocenters. The number of hydrogen-bond donors (Lipinski definition) is 1. The maximum Gasteiger partial charge on any atom is 0.333 e. The van der Waals surface area contributed by atoms with E-state index in [2.05, 4.69) is 17.9 Å². The van der Waals surface area contributed by atoms with Gasteiger partial charge in [0, 0.05) is 11.1 Å². The maximum absolute atomic E-state index is 10.4. The minimum absolute atomic E-state index is 0.176. The van der Waals surface area contributed by atoms with Crippen molar-refractivity contribution in [1.29, 1.82) is 0 Å². The highest BCUT2D eigenvalue weighted by atomic mass is 16.5. The van der Waals surface area contributed by atoms with Crippen LogP contribution in [-0.4, -0.2) is 49.7 Å². The molecule has 5 heteroatoms. The van der Waals surface area contributed by atoms with Crippen LogP contribution in [0.25, 0.3) is 0 Å². The topological polar surface area (TPSA) is 66.8 Å². The molecule has 18 heavy (non-hydrogen) atoms. The largest absolute Gasteiger partial charge is 0.478 e. The molecule has 0 saturated heterocycles. The standard InChI is InChI=1S/C6H10O2.C4H6O2.C3H9N/c1-4-8-6(7)5(2)3;1-3(2)4(5)6;1-4(2)3/h2,4H2,1,3H3;1H2,2H3,(H,5,6);1-3H3. The minimum atomic E-state index is -0.935. The molecule has 0 spiro atoms. The van der Waals surface area contributed by atoms with Crippen LogP contribution in [0, 0.1) is 0 Å². The second kappa shape index (κ2) is 13.4. The summed E-state index contributed by atoms with van der Waals surface area (Å²) < 4.78 is 4.56. The Balaban J connectivity index is -0.000000200. The summed E-state index contributed by atoms with van der Waals surface area (Å²) in [5, 5.41) is 7.89. The summed E-state index contributed by atoms with van der Waals surface area (Å²) >= 11 is 0. The zero-order valence-corrected chi connectivity index (χ0v) is 12.2. The molecule has 0 rings (SSSR count). The van der Waals surface area contributed by atoms with E-state index in [1.165, 1.54) is 6.92 Å². The zero-order chi connectivity index (χ0) is 15.3. The van der Waals surface area contributed by atoms with E-state index in [4.69, 9.17) is 5.11 Å². The van der Waals surface area contributed by atoms with E-state index in [9.17, 15) is 9.59 Å². The van der Waals surface area contributed by atoms with Crippen molar-refractivity contribution in [1.82, 2.24) is 4.90 Å². The Morgan fingerprint density at radius 1 is 1.11 bits per heavy atom. The molecule has 0 saturated carbocycles. The molecule has 106 valence electrons. The van der Waals surface area contributed by atoms with Gasteiger partial charge in [0.2, 0.25) is 0 Å². The predicted molar refractivity (Wildman–Crippen MR) is 73.5 cm³/mol. The van der Waals surface area contributed by atoms with Crippen molar-refractivity contribution >= 4 is 11.9 Å². The van der Waals surface area contributed by atoms with E-state index in [1.807, 2.05) is 26.0 Å². The number of carbonyl (C=O) groups excluding carboxylic acids is 1. The van der Waals surface area contributed by atoms with Gasteiger partial charge in [0.1, 0.15) is 0 Å². The maximum atomic E-state index is 10.4. The van der Waals surface area contributed by atoms with Crippen LogP contribution in [0.1, 0.15) is 20.8 Å². The van der Waals surface area contributed by atoms with Crippen LogP contribution >= 0.6 is 0 Å². The molecule has 0 aromatic rings. The average Bonchev–Trinajstić information content (AvgIpc) is 2.17. The first-order chi connectivity index (χ1) is 8.06. The van der Waals surface area contributed by atoms with Gasteiger partial charge >= 0.3 is 11.9 Å². The Hall–Kier alpha value is -1.62. The first-order valence-corrected chi connectivity index (χ1v) is 5.38. The molecule has 0 aliphatic heterocycles. The SMILES string of the molecule is C=C(C)C(=O)O.C=C(C)C(=O)OCC.CN(C)C. The number of ether oxygens (including phenoxy) is 1. The zero-order valence-electron chi connectivity index (χ0n) is 12.2. The summed E-state index contributed by atoms with van der Waals surface area (Å²) in [6, 6.07) is 0. The Morgan fingerprint density at radius 2 is 1.39 bits per heavy atom. The number of esters is 1. The molecule has 0 aliphatic rings. The molecular formula is C13H25NO4. The van der Waals surface area contributed by atoms with Crippen LogP contribution in [0.15, 0.2) is 24.3 Å². The predicted octanol–water partition coefficient (Wildman–Crippen LogP) is 1.95. The van der Waals surface area contributed by atoms with Crippen molar-refractivity contribution in [3.05, 3.63) is 24.3 Å². The van der Waals surface area contributed by atoms with Gasteiger partial charge in [-0.3, -0.25) is 0 Å². The Bertz CT molecular complexity index is 268. The van der Waals surface area contributed by atoms with Crippen LogP contribution in [0.3, 0.4) is 0 Å². The summed E-state index contributed by atoms with van der Waals surface area (Å²) in [5.41, 5.74) is 0.627. The number of nitrogens with zero attached hydrogens (tertiary/aromatic N) is 1.